The quantitative estimate of drug-likeness (QED) is 0.850. The molecule has 4 nitrogen and oxygen atoms in total. The van der Waals surface area contributed by atoms with E-state index < -0.39 is 17.9 Å². The Labute approximate surface area is 109 Å². The highest BCUT2D eigenvalue weighted by Gasteiger charge is 2.38. The Kier molecular flexibility index (Phi) is 3.86. The molecular formula is C12H13FN2O2S. The average Bonchev–Trinajstić information content (AvgIpc) is 2.62. The van der Waals surface area contributed by atoms with Crippen LogP contribution < -0.4 is 10.2 Å². The minimum absolute atomic E-state index is 0.268. The maximum Gasteiger partial charge on any atom is 0.329 e. The van der Waals surface area contributed by atoms with E-state index in [4.69, 9.17) is 0 Å². The summed E-state index contributed by atoms with van der Waals surface area (Å²) in [4.78, 5) is 24.8. The van der Waals surface area contributed by atoms with Crippen LogP contribution in [0.5, 0.6) is 0 Å². The van der Waals surface area contributed by atoms with Gasteiger partial charge in [-0.3, -0.25) is 4.79 Å². The summed E-state index contributed by atoms with van der Waals surface area (Å²) in [6.45, 7) is 0. The third kappa shape index (κ3) is 2.48. The van der Waals surface area contributed by atoms with Crippen LogP contribution >= 0.6 is 11.8 Å². The molecule has 6 heteroatoms. The van der Waals surface area contributed by atoms with Gasteiger partial charge in [-0.25, -0.2) is 14.1 Å². The second-order valence-corrected chi connectivity index (χ2v) is 4.92. The van der Waals surface area contributed by atoms with Gasteiger partial charge in [-0.05, 0) is 36.6 Å². The first kappa shape index (κ1) is 12.9. The zero-order chi connectivity index (χ0) is 13.1. The molecule has 0 aliphatic carbocycles. The van der Waals surface area contributed by atoms with E-state index in [-0.39, 0.29) is 11.6 Å². The van der Waals surface area contributed by atoms with E-state index in [1.165, 1.54) is 24.3 Å². The third-order valence-corrected chi connectivity index (χ3v) is 3.34. The zero-order valence-corrected chi connectivity index (χ0v) is 10.7. The molecule has 1 aliphatic heterocycles. The highest BCUT2D eigenvalue weighted by atomic mass is 32.2. The van der Waals surface area contributed by atoms with Crippen LogP contribution in [0.2, 0.25) is 0 Å². The Morgan fingerprint density at radius 1 is 1.44 bits per heavy atom. The van der Waals surface area contributed by atoms with Gasteiger partial charge < -0.3 is 5.32 Å². The molecule has 0 saturated carbocycles. The predicted octanol–water partition coefficient (Wildman–Crippen LogP) is 2.00. The molecule has 1 heterocycles. The fourth-order valence-electron chi connectivity index (χ4n) is 1.82. The highest BCUT2D eigenvalue weighted by Crippen LogP contribution is 2.21. The molecule has 0 bridgehead atoms. The molecule has 3 amide bonds. The standard InChI is InChI=1S/C12H13FN2O2S/c1-18-6-5-10-11(16)15(12(17)14-10)9-4-2-3-8(13)7-9/h2-4,7,10H,5-6H2,1H3,(H,14,17). The number of imide groups is 1. The van der Waals surface area contributed by atoms with Gasteiger partial charge in [0.25, 0.3) is 5.91 Å². The maximum absolute atomic E-state index is 13.1. The molecule has 96 valence electrons. The number of hydrogen-bond donors (Lipinski definition) is 1. The molecule has 0 aromatic heterocycles. The monoisotopic (exact) mass is 268 g/mol. The van der Waals surface area contributed by atoms with Crippen molar-refractivity contribution in [2.75, 3.05) is 16.9 Å². The summed E-state index contributed by atoms with van der Waals surface area (Å²) in [7, 11) is 0. The van der Waals surface area contributed by atoms with E-state index in [2.05, 4.69) is 5.32 Å². The van der Waals surface area contributed by atoms with E-state index in [0.29, 0.717) is 6.42 Å². The topological polar surface area (TPSA) is 49.4 Å². The smallest absolute Gasteiger partial charge is 0.325 e. The number of benzene rings is 1. The van der Waals surface area contributed by atoms with Crippen molar-refractivity contribution < 1.29 is 14.0 Å². The van der Waals surface area contributed by atoms with Crippen LogP contribution in [0.15, 0.2) is 24.3 Å². The van der Waals surface area contributed by atoms with Crippen LogP contribution in [0.1, 0.15) is 6.42 Å². The number of nitrogens with zero attached hydrogens (tertiary/aromatic N) is 1. The second-order valence-electron chi connectivity index (χ2n) is 3.94. The van der Waals surface area contributed by atoms with Gasteiger partial charge in [0.15, 0.2) is 0 Å². The number of hydrogen-bond acceptors (Lipinski definition) is 3. The van der Waals surface area contributed by atoms with E-state index in [0.717, 1.165) is 10.7 Å². The van der Waals surface area contributed by atoms with Crippen LogP contribution in [-0.2, 0) is 4.79 Å². The first-order valence-electron chi connectivity index (χ1n) is 5.52. The molecule has 18 heavy (non-hydrogen) atoms. The van der Waals surface area contributed by atoms with Crippen molar-refractivity contribution in [3.63, 3.8) is 0 Å². The Morgan fingerprint density at radius 3 is 2.89 bits per heavy atom. The average molecular weight is 268 g/mol. The minimum Gasteiger partial charge on any atom is -0.325 e. The van der Waals surface area contributed by atoms with Crippen LogP contribution in [0.3, 0.4) is 0 Å². The lowest BCUT2D eigenvalue weighted by Gasteiger charge is -2.12. The van der Waals surface area contributed by atoms with Gasteiger partial charge in [0.1, 0.15) is 11.9 Å². The Balaban J connectivity index is 2.19. The van der Waals surface area contributed by atoms with Crippen molar-refractivity contribution >= 4 is 29.4 Å². The SMILES string of the molecule is CSCCC1NC(=O)N(c2cccc(F)c2)C1=O. The number of halogens is 1. The molecule has 1 N–H and O–H groups in total. The summed E-state index contributed by atoms with van der Waals surface area (Å²) >= 11 is 1.61. The summed E-state index contributed by atoms with van der Waals surface area (Å²) < 4.78 is 13.1. The van der Waals surface area contributed by atoms with Crippen LogP contribution in [0, 0.1) is 5.82 Å². The predicted molar refractivity (Wildman–Crippen MR) is 69.2 cm³/mol. The van der Waals surface area contributed by atoms with Gasteiger partial charge in [-0.1, -0.05) is 6.07 Å². The number of thioether (sulfide) groups is 1. The maximum atomic E-state index is 13.1. The first-order chi connectivity index (χ1) is 8.63. The summed E-state index contributed by atoms with van der Waals surface area (Å²) in [5.74, 6) is -0.00598. The van der Waals surface area contributed by atoms with Crippen LogP contribution in [0.25, 0.3) is 0 Å². The van der Waals surface area contributed by atoms with Gasteiger partial charge >= 0.3 is 6.03 Å². The summed E-state index contributed by atoms with van der Waals surface area (Å²) in [6, 6.07) is 4.46. The first-order valence-corrected chi connectivity index (χ1v) is 6.92. The third-order valence-electron chi connectivity index (χ3n) is 2.70. The molecule has 2 rings (SSSR count). The number of rotatable bonds is 4. The van der Waals surface area contributed by atoms with Crippen molar-refractivity contribution in [2.45, 2.75) is 12.5 Å². The lowest BCUT2D eigenvalue weighted by atomic mass is 10.2. The van der Waals surface area contributed by atoms with Crippen molar-refractivity contribution in [2.24, 2.45) is 0 Å². The Hall–Kier alpha value is -1.56. The summed E-state index contributed by atoms with van der Waals surface area (Å²) in [6.07, 6.45) is 2.52. The lowest BCUT2D eigenvalue weighted by Crippen LogP contribution is -2.31. The van der Waals surface area contributed by atoms with Gasteiger partial charge in [-0.2, -0.15) is 11.8 Å². The molecule has 1 fully saturated rings. The van der Waals surface area contributed by atoms with E-state index in [1.807, 2.05) is 6.26 Å². The van der Waals surface area contributed by atoms with Crippen LogP contribution in [0.4, 0.5) is 14.9 Å². The number of urea groups is 1. The van der Waals surface area contributed by atoms with Gasteiger partial charge in [0, 0.05) is 0 Å². The summed E-state index contributed by atoms with van der Waals surface area (Å²) in [5.41, 5.74) is 0.268. The molecule has 1 aromatic rings. The number of anilines is 1. The van der Waals surface area contributed by atoms with Gasteiger partial charge in [0.05, 0.1) is 5.69 Å². The van der Waals surface area contributed by atoms with Crippen molar-refractivity contribution in [1.29, 1.82) is 0 Å². The largest absolute Gasteiger partial charge is 0.329 e. The molecule has 1 saturated heterocycles. The van der Waals surface area contributed by atoms with Crippen molar-refractivity contribution in [3.8, 4) is 0 Å². The lowest BCUT2D eigenvalue weighted by molar-refractivity contribution is -0.118. The minimum atomic E-state index is -0.506. The number of amides is 3. The fourth-order valence-corrected chi connectivity index (χ4v) is 2.29. The highest BCUT2D eigenvalue weighted by molar-refractivity contribution is 7.98. The van der Waals surface area contributed by atoms with E-state index in [1.54, 1.807) is 11.8 Å². The second kappa shape index (κ2) is 5.39. The Morgan fingerprint density at radius 2 is 2.22 bits per heavy atom. The molecule has 0 radical (unpaired) electrons. The molecular weight excluding hydrogens is 255 g/mol. The zero-order valence-electron chi connectivity index (χ0n) is 9.85. The molecule has 1 aromatic carbocycles. The van der Waals surface area contributed by atoms with Gasteiger partial charge in [-0.15, -0.1) is 0 Å². The normalized spacial score (nSPS) is 19.2. The van der Waals surface area contributed by atoms with E-state index in [9.17, 15) is 14.0 Å². The van der Waals surface area contributed by atoms with Crippen LogP contribution in [-0.4, -0.2) is 30.0 Å². The van der Waals surface area contributed by atoms with Gasteiger partial charge in [0.2, 0.25) is 0 Å². The molecule has 0 spiro atoms. The van der Waals surface area contributed by atoms with Crippen molar-refractivity contribution in [3.05, 3.63) is 30.1 Å². The number of carbonyl (C=O) groups excluding carboxylic acids is 2. The van der Waals surface area contributed by atoms with Crippen molar-refractivity contribution in [1.82, 2.24) is 5.32 Å². The van der Waals surface area contributed by atoms with E-state index >= 15 is 0 Å². The molecule has 1 aliphatic rings. The molecule has 1 unspecified atom stereocenters. The fraction of sp³-hybridized carbons (Fsp3) is 0.333. The molecule has 1 atom stereocenters. The number of nitrogens with one attached hydrogen (secondary N) is 1. The summed E-state index contributed by atoms with van der Waals surface area (Å²) in [5, 5.41) is 2.61. The number of carbonyl (C=O) groups is 2. The Bertz CT molecular complexity index is 481.